The van der Waals surface area contributed by atoms with Gasteiger partial charge in [0.2, 0.25) is 0 Å². The topological polar surface area (TPSA) is 49.3 Å². The average molecular weight is 430 g/mol. The predicted octanol–water partition coefficient (Wildman–Crippen LogP) is 8.23. The summed E-state index contributed by atoms with van der Waals surface area (Å²) in [4.78, 5) is 10.0. The summed E-state index contributed by atoms with van der Waals surface area (Å²) < 4.78 is 0. The van der Waals surface area contributed by atoms with Gasteiger partial charge in [0, 0.05) is 13.0 Å². The van der Waals surface area contributed by atoms with Crippen molar-refractivity contribution in [2.75, 3.05) is 13.1 Å². The molecule has 0 radical (unpaired) electrons. The van der Waals surface area contributed by atoms with Crippen LogP contribution in [0.1, 0.15) is 151 Å². The van der Waals surface area contributed by atoms with E-state index in [9.17, 15) is 9.90 Å². The average Bonchev–Trinajstić information content (AvgIpc) is 2.74. The van der Waals surface area contributed by atoms with Gasteiger partial charge in [0.25, 0.3) is 0 Å². The number of ketones is 1. The van der Waals surface area contributed by atoms with E-state index >= 15 is 0 Å². The standard InChI is InChI=1S/C20H43NO.C5H10O.C2H6/c1-3-5-7-9-11-12-13-15-17-20(22)19-21-18-16-14-10-8-6-4-2;1-3-4-5(2)6;1-2/h20-22H,3-19H2,1-2H3;3-4H2,1-2H3;1-2H3. The number of aliphatic hydroxyl groups is 1. The first-order valence-corrected chi connectivity index (χ1v) is 13.5. The van der Waals surface area contributed by atoms with Crippen LogP contribution in [-0.4, -0.2) is 30.1 Å². The van der Waals surface area contributed by atoms with Crippen LogP contribution in [-0.2, 0) is 4.79 Å². The first-order chi connectivity index (χ1) is 14.6. The van der Waals surface area contributed by atoms with Gasteiger partial charge >= 0.3 is 0 Å². The third-order valence-electron chi connectivity index (χ3n) is 5.08. The SMILES string of the molecule is CC.CCCC(C)=O.CCCCCCCCCCC(O)CNCCCCCCCC. The lowest BCUT2D eigenvalue weighted by molar-refractivity contribution is -0.117. The van der Waals surface area contributed by atoms with E-state index in [-0.39, 0.29) is 11.9 Å². The fraction of sp³-hybridized carbons (Fsp3) is 0.963. The number of unbranched alkanes of at least 4 members (excludes halogenated alkanes) is 12. The third-order valence-corrected chi connectivity index (χ3v) is 5.08. The Balaban J connectivity index is -0.000000775. The summed E-state index contributed by atoms with van der Waals surface area (Å²) in [6.07, 6.45) is 21.3. The van der Waals surface area contributed by atoms with Crippen LogP contribution in [0.2, 0.25) is 0 Å². The molecule has 1 unspecified atom stereocenters. The molecule has 0 aromatic carbocycles. The van der Waals surface area contributed by atoms with Gasteiger partial charge in [-0.05, 0) is 32.7 Å². The molecule has 0 aromatic heterocycles. The van der Waals surface area contributed by atoms with Crippen molar-refractivity contribution in [1.29, 1.82) is 0 Å². The Kier molecular flexibility index (Phi) is 37.9. The van der Waals surface area contributed by atoms with Crippen molar-refractivity contribution in [3.63, 3.8) is 0 Å². The number of nitrogens with one attached hydrogen (secondary N) is 1. The molecule has 0 amide bonds. The van der Waals surface area contributed by atoms with Crippen molar-refractivity contribution < 1.29 is 9.90 Å². The molecule has 0 aliphatic carbocycles. The van der Waals surface area contributed by atoms with Gasteiger partial charge in [-0.2, -0.15) is 0 Å². The molecule has 184 valence electrons. The molecule has 0 fully saturated rings. The monoisotopic (exact) mass is 429 g/mol. The van der Waals surface area contributed by atoms with Crippen molar-refractivity contribution in [2.45, 2.75) is 157 Å². The van der Waals surface area contributed by atoms with E-state index in [1.54, 1.807) is 6.92 Å². The van der Waals surface area contributed by atoms with Crippen LogP contribution in [0.5, 0.6) is 0 Å². The number of carbonyl (C=O) groups is 1. The van der Waals surface area contributed by atoms with Gasteiger partial charge in [-0.15, -0.1) is 0 Å². The second kappa shape index (κ2) is 33.2. The highest BCUT2D eigenvalue weighted by atomic mass is 16.3. The molecule has 2 N–H and O–H groups in total. The summed E-state index contributed by atoms with van der Waals surface area (Å²) in [5, 5.41) is 13.3. The number of aliphatic hydroxyl groups excluding tert-OH is 1. The molecule has 3 heteroatoms. The van der Waals surface area contributed by atoms with Gasteiger partial charge < -0.3 is 15.2 Å². The molecule has 0 bridgehead atoms. The molecule has 0 aliphatic rings. The van der Waals surface area contributed by atoms with E-state index in [2.05, 4.69) is 19.2 Å². The van der Waals surface area contributed by atoms with Crippen molar-refractivity contribution in [1.82, 2.24) is 5.32 Å². The van der Waals surface area contributed by atoms with E-state index in [4.69, 9.17) is 0 Å². The minimum absolute atomic E-state index is 0.139. The lowest BCUT2D eigenvalue weighted by Gasteiger charge is -2.11. The van der Waals surface area contributed by atoms with Gasteiger partial charge in [0.15, 0.2) is 0 Å². The molecule has 0 saturated heterocycles. The second-order valence-corrected chi connectivity index (χ2v) is 8.34. The summed E-state index contributed by atoms with van der Waals surface area (Å²) >= 11 is 0. The first-order valence-electron chi connectivity index (χ1n) is 13.5. The molecule has 3 nitrogen and oxygen atoms in total. The Morgan fingerprint density at radius 2 is 1.13 bits per heavy atom. The van der Waals surface area contributed by atoms with Crippen LogP contribution in [0.3, 0.4) is 0 Å². The zero-order chi connectivity index (χ0) is 23.3. The Morgan fingerprint density at radius 1 is 0.700 bits per heavy atom. The number of carbonyl (C=O) groups excluding carboxylic acids is 1. The Hall–Kier alpha value is -0.410. The number of hydrogen-bond acceptors (Lipinski definition) is 3. The summed E-state index contributed by atoms with van der Waals surface area (Å²) in [5.41, 5.74) is 0. The van der Waals surface area contributed by atoms with Crippen molar-refractivity contribution in [3.8, 4) is 0 Å². The minimum atomic E-state index is -0.139. The van der Waals surface area contributed by atoms with Crippen molar-refractivity contribution in [3.05, 3.63) is 0 Å². The maximum absolute atomic E-state index is 10.0. The van der Waals surface area contributed by atoms with Crippen LogP contribution in [0.15, 0.2) is 0 Å². The van der Waals surface area contributed by atoms with E-state index in [1.807, 2.05) is 20.8 Å². The molecular weight excluding hydrogens is 370 g/mol. The van der Waals surface area contributed by atoms with Crippen LogP contribution < -0.4 is 5.32 Å². The molecule has 0 heterocycles. The molecular formula is C27H59NO2. The normalized spacial score (nSPS) is 11.2. The van der Waals surface area contributed by atoms with Crippen LogP contribution in [0.4, 0.5) is 0 Å². The van der Waals surface area contributed by atoms with E-state index < -0.39 is 0 Å². The molecule has 0 spiro atoms. The van der Waals surface area contributed by atoms with Crippen LogP contribution in [0.25, 0.3) is 0 Å². The highest BCUT2D eigenvalue weighted by molar-refractivity contribution is 5.75. The van der Waals surface area contributed by atoms with Crippen LogP contribution in [0, 0.1) is 0 Å². The van der Waals surface area contributed by atoms with E-state index in [0.717, 1.165) is 32.4 Å². The molecule has 0 aliphatic heterocycles. The van der Waals surface area contributed by atoms with Crippen LogP contribution >= 0.6 is 0 Å². The van der Waals surface area contributed by atoms with E-state index in [0.29, 0.717) is 0 Å². The summed E-state index contributed by atoms with van der Waals surface area (Å²) in [5.74, 6) is 0.289. The summed E-state index contributed by atoms with van der Waals surface area (Å²) in [7, 11) is 0. The lowest BCUT2D eigenvalue weighted by Crippen LogP contribution is -2.27. The number of rotatable bonds is 20. The zero-order valence-electron chi connectivity index (χ0n) is 21.9. The van der Waals surface area contributed by atoms with Gasteiger partial charge in [-0.3, -0.25) is 0 Å². The van der Waals surface area contributed by atoms with Crippen molar-refractivity contribution >= 4 is 5.78 Å². The quantitative estimate of drug-likeness (QED) is 0.192. The zero-order valence-corrected chi connectivity index (χ0v) is 21.9. The lowest BCUT2D eigenvalue weighted by atomic mass is 10.1. The fourth-order valence-electron chi connectivity index (χ4n) is 3.27. The smallest absolute Gasteiger partial charge is 0.129 e. The number of Topliss-reactive ketones (excluding diaryl/α,β-unsaturated/α-hetero) is 1. The Bertz CT molecular complexity index is 275. The second-order valence-electron chi connectivity index (χ2n) is 8.34. The first kappa shape index (κ1) is 34.2. The summed E-state index contributed by atoms with van der Waals surface area (Å²) in [6, 6.07) is 0. The number of hydrogen-bond donors (Lipinski definition) is 2. The third kappa shape index (κ3) is 38.2. The Labute approximate surface area is 191 Å². The van der Waals surface area contributed by atoms with Gasteiger partial charge in [-0.25, -0.2) is 0 Å². The maximum atomic E-state index is 10.0. The largest absolute Gasteiger partial charge is 0.392 e. The van der Waals surface area contributed by atoms with E-state index in [1.165, 1.54) is 89.9 Å². The summed E-state index contributed by atoms with van der Waals surface area (Å²) in [6.45, 7) is 14.0. The molecule has 1 atom stereocenters. The highest BCUT2D eigenvalue weighted by Crippen LogP contribution is 2.10. The molecule has 0 aromatic rings. The fourth-order valence-corrected chi connectivity index (χ4v) is 3.27. The maximum Gasteiger partial charge on any atom is 0.129 e. The molecule has 0 saturated carbocycles. The predicted molar refractivity (Wildman–Crippen MR) is 136 cm³/mol. The minimum Gasteiger partial charge on any atom is -0.392 e. The van der Waals surface area contributed by atoms with Crippen molar-refractivity contribution in [2.24, 2.45) is 0 Å². The van der Waals surface area contributed by atoms with Gasteiger partial charge in [0.05, 0.1) is 6.10 Å². The molecule has 30 heavy (non-hydrogen) atoms. The highest BCUT2D eigenvalue weighted by Gasteiger charge is 2.03. The molecule has 0 rings (SSSR count). The van der Waals surface area contributed by atoms with Gasteiger partial charge in [-0.1, -0.05) is 118 Å². The Morgan fingerprint density at radius 3 is 1.53 bits per heavy atom. The van der Waals surface area contributed by atoms with Gasteiger partial charge in [0.1, 0.15) is 5.78 Å².